The van der Waals surface area contributed by atoms with Crippen LogP contribution in [-0.2, 0) is 9.36 Å². The van der Waals surface area contributed by atoms with Gasteiger partial charge in [-0.25, -0.2) is 0 Å². The largest absolute Gasteiger partial charge is 0.332 e. The summed E-state index contributed by atoms with van der Waals surface area (Å²) in [5, 5.41) is 0. The van der Waals surface area contributed by atoms with E-state index < -0.39 is 19.5 Å². The van der Waals surface area contributed by atoms with Crippen molar-refractivity contribution in [3.05, 3.63) is 0 Å². The van der Waals surface area contributed by atoms with Crippen molar-refractivity contribution in [1.29, 1.82) is 0 Å². The summed E-state index contributed by atoms with van der Waals surface area (Å²) in [4.78, 5) is 28.5. The molecule has 1 aliphatic carbocycles. The molecule has 0 radical (unpaired) electrons. The molecule has 84 valence electrons. The van der Waals surface area contributed by atoms with Gasteiger partial charge in [0.1, 0.15) is 11.9 Å². The summed E-state index contributed by atoms with van der Waals surface area (Å²) < 4.78 is 10.6. The molecule has 0 aromatic rings. The van der Waals surface area contributed by atoms with E-state index in [9.17, 15) is 9.36 Å². The van der Waals surface area contributed by atoms with Gasteiger partial charge >= 0.3 is 7.60 Å². The molecule has 5 heteroatoms. The third-order valence-corrected chi connectivity index (χ3v) is 2.93. The minimum Gasteiger partial charge on any atom is -0.324 e. The van der Waals surface area contributed by atoms with Crippen LogP contribution in [0, 0.1) is 23.7 Å². The van der Waals surface area contributed by atoms with Crippen LogP contribution in [-0.4, -0.2) is 21.7 Å². The molecule has 0 saturated heterocycles. The van der Waals surface area contributed by atoms with Crippen molar-refractivity contribution in [2.24, 2.45) is 11.8 Å². The SMILES string of the molecule is C[C@@H](CC#CC1CC1)C(=O)CP(=O)(O)O. The third-order valence-electron chi connectivity index (χ3n) is 2.20. The molecule has 1 saturated carbocycles. The molecule has 1 aliphatic rings. The summed E-state index contributed by atoms with van der Waals surface area (Å²) in [7, 11) is -4.21. The summed E-state index contributed by atoms with van der Waals surface area (Å²) in [6.07, 6.45) is 2.00. The Morgan fingerprint density at radius 1 is 1.53 bits per heavy atom. The zero-order valence-electron chi connectivity index (χ0n) is 8.64. The lowest BCUT2D eigenvalue weighted by Gasteiger charge is -2.07. The van der Waals surface area contributed by atoms with Crippen LogP contribution in [0.4, 0.5) is 0 Å². The van der Waals surface area contributed by atoms with Gasteiger partial charge in [0.2, 0.25) is 0 Å². The van der Waals surface area contributed by atoms with Gasteiger partial charge in [-0.3, -0.25) is 9.36 Å². The second-order valence-electron chi connectivity index (χ2n) is 3.99. The Bertz CT molecular complexity index is 342. The van der Waals surface area contributed by atoms with Crippen LogP contribution in [0.15, 0.2) is 0 Å². The van der Waals surface area contributed by atoms with Crippen molar-refractivity contribution in [1.82, 2.24) is 0 Å². The van der Waals surface area contributed by atoms with E-state index >= 15 is 0 Å². The van der Waals surface area contributed by atoms with Crippen LogP contribution in [0.5, 0.6) is 0 Å². The first kappa shape index (κ1) is 12.4. The van der Waals surface area contributed by atoms with Gasteiger partial charge in [-0.15, -0.1) is 5.92 Å². The van der Waals surface area contributed by atoms with Gasteiger partial charge in [-0.2, -0.15) is 0 Å². The zero-order chi connectivity index (χ0) is 11.5. The first-order valence-corrected chi connectivity index (χ1v) is 6.74. The molecule has 0 aliphatic heterocycles. The highest BCUT2D eigenvalue weighted by Gasteiger charge is 2.23. The number of carbonyl (C=O) groups is 1. The van der Waals surface area contributed by atoms with E-state index in [1.54, 1.807) is 6.92 Å². The number of rotatable bonds is 4. The lowest BCUT2D eigenvalue weighted by Crippen LogP contribution is -2.14. The Labute approximate surface area is 89.2 Å². The maximum atomic E-state index is 11.3. The number of hydrogen-bond donors (Lipinski definition) is 2. The Morgan fingerprint density at radius 3 is 2.60 bits per heavy atom. The molecule has 0 heterocycles. The summed E-state index contributed by atoms with van der Waals surface area (Å²) in [6, 6.07) is 0. The van der Waals surface area contributed by atoms with Gasteiger partial charge in [0, 0.05) is 18.3 Å². The molecule has 0 spiro atoms. The van der Waals surface area contributed by atoms with E-state index in [0.717, 1.165) is 12.8 Å². The predicted octanol–water partition coefficient (Wildman–Crippen LogP) is 1.17. The zero-order valence-corrected chi connectivity index (χ0v) is 9.54. The molecule has 0 bridgehead atoms. The first-order valence-electron chi connectivity index (χ1n) is 4.94. The normalized spacial score (nSPS) is 17.8. The number of ketones is 1. The van der Waals surface area contributed by atoms with Crippen molar-refractivity contribution in [3.8, 4) is 11.8 Å². The molecular weight excluding hydrogens is 215 g/mol. The van der Waals surface area contributed by atoms with Gasteiger partial charge in [0.25, 0.3) is 0 Å². The van der Waals surface area contributed by atoms with Crippen LogP contribution in [0.1, 0.15) is 26.2 Å². The van der Waals surface area contributed by atoms with E-state index in [4.69, 9.17) is 9.79 Å². The standard InChI is InChI=1S/C10H15O4P/c1-8(3-2-4-9-5-6-9)10(11)7-15(12,13)14/h8-9H,3,5-7H2,1H3,(H2,12,13,14)/t8-/m0/s1. The third kappa shape index (κ3) is 5.74. The Morgan fingerprint density at radius 2 is 2.13 bits per heavy atom. The maximum absolute atomic E-state index is 11.3. The Hall–Kier alpha value is -0.620. The molecule has 0 aromatic carbocycles. The van der Waals surface area contributed by atoms with E-state index in [-0.39, 0.29) is 5.92 Å². The minimum absolute atomic E-state index is 0.385. The minimum atomic E-state index is -4.21. The molecule has 1 rings (SSSR count). The van der Waals surface area contributed by atoms with Crippen LogP contribution in [0.25, 0.3) is 0 Å². The summed E-state index contributed by atoms with van der Waals surface area (Å²) >= 11 is 0. The maximum Gasteiger partial charge on any atom is 0.332 e. The average Bonchev–Trinajstić information content (AvgIpc) is 2.84. The first-order chi connectivity index (χ1) is 6.88. The highest BCUT2D eigenvalue weighted by molar-refractivity contribution is 7.52. The second kappa shape index (κ2) is 4.94. The lowest BCUT2D eigenvalue weighted by molar-refractivity contribution is -0.119. The van der Waals surface area contributed by atoms with Crippen LogP contribution in [0.2, 0.25) is 0 Å². The van der Waals surface area contributed by atoms with Gasteiger partial charge in [-0.05, 0) is 12.8 Å². The van der Waals surface area contributed by atoms with E-state index in [2.05, 4.69) is 11.8 Å². The highest BCUT2D eigenvalue weighted by atomic mass is 31.2. The fraction of sp³-hybridized carbons (Fsp3) is 0.700. The fourth-order valence-corrected chi connectivity index (χ4v) is 1.77. The molecule has 15 heavy (non-hydrogen) atoms. The molecule has 2 N–H and O–H groups in total. The van der Waals surface area contributed by atoms with Crippen LogP contribution < -0.4 is 0 Å². The number of Topliss-reactive ketones (excluding diaryl/α,β-unsaturated/α-hetero) is 1. The van der Waals surface area contributed by atoms with E-state index in [1.165, 1.54) is 0 Å². The van der Waals surface area contributed by atoms with E-state index in [0.29, 0.717) is 12.3 Å². The Kier molecular flexibility index (Phi) is 4.10. The molecule has 1 atom stereocenters. The summed E-state index contributed by atoms with van der Waals surface area (Å²) in [5.41, 5.74) is 0. The molecule has 1 fully saturated rings. The Balaban J connectivity index is 2.33. The topological polar surface area (TPSA) is 74.6 Å². The summed E-state index contributed by atoms with van der Waals surface area (Å²) in [6.45, 7) is 1.65. The fourth-order valence-electron chi connectivity index (χ4n) is 1.06. The van der Waals surface area contributed by atoms with Gasteiger partial charge in [0.05, 0.1) is 0 Å². The molecule has 0 unspecified atom stereocenters. The summed E-state index contributed by atoms with van der Waals surface area (Å²) in [5.74, 6) is 5.60. The predicted molar refractivity (Wildman–Crippen MR) is 56.2 cm³/mol. The highest BCUT2D eigenvalue weighted by Crippen LogP contribution is 2.35. The van der Waals surface area contributed by atoms with Crippen LogP contribution >= 0.6 is 7.60 Å². The molecule has 4 nitrogen and oxygen atoms in total. The van der Waals surface area contributed by atoms with Gasteiger partial charge in [-0.1, -0.05) is 12.8 Å². The van der Waals surface area contributed by atoms with Gasteiger partial charge < -0.3 is 9.79 Å². The van der Waals surface area contributed by atoms with Crippen LogP contribution in [0.3, 0.4) is 0 Å². The molecular formula is C10H15O4P. The van der Waals surface area contributed by atoms with Crippen molar-refractivity contribution in [2.45, 2.75) is 26.2 Å². The molecule has 0 amide bonds. The molecule has 0 aromatic heterocycles. The quantitative estimate of drug-likeness (QED) is 0.561. The smallest absolute Gasteiger partial charge is 0.324 e. The van der Waals surface area contributed by atoms with Crippen molar-refractivity contribution in [3.63, 3.8) is 0 Å². The van der Waals surface area contributed by atoms with Crippen molar-refractivity contribution in [2.75, 3.05) is 6.16 Å². The lowest BCUT2D eigenvalue weighted by atomic mass is 10.0. The number of hydrogen-bond acceptors (Lipinski definition) is 2. The van der Waals surface area contributed by atoms with E-state index in [1.807, 2.05) is 0 Å². The average molecular weight is 230 g/mol. The number of carbonyl (C=O) groups excluding carboxylic acids is 1. The van der Waals surface area contributed by atoms with Crippen molar-refractivity contribution >= 4 is 13.4 Å². The monoisotopic (exact) mass is 230 g/mol. The van der Waals surface area contributed by atoms with Crippen molar-refractivity contribution < 1.29 is 19.1 Å². The van der Waals surface area contributed by atoms with Gasteiger partial charge in [0.15, 0.2) is 0 Å². The second-order valence-corrected chi connectivity index (χ2v) is 5.64.